The van der Waals surface area contributed by atoms with Gasteiger partial charge in [-0.2, -0.15) is 22.7 Å². The Labute approximate surface area is 140 Å². The number of ether oxygens (including phenoxy) is 2. The number of anilines is 1. The Kier molecular flexibility index (Phi) is 4.21. The molecule has 0 radical (unpaired) electrons. The topological polar surface area (TPSA) is 87.6 Å². The molecule has 0 amide bonds. The van der Waals surface area contributed by atoms with E-state index < -0.39 is 12.0 Å². The number of halogens is 3. The van der Waals surface area contributed by atoms with Gasteiger partial charge in [0.15, 0.2) is 0 Å². The molecule has 0 aliphatic heterocycles. The number of nitrogens with zero attached hydrogens (tertiary/aromatic N) is 4. The number of hydrogen-bond donors (Lipinski definition) is 1. The van der Waals surface area contributed by atoms with Crippen LogP contribution in [0.5, 0.6) is 5.75 Å². The minimum atomic E-state index is -4.70. The van der Waals surface area contributed by atoms with E-state index in [9.17, 15) is 13.2 Å². The van der Waals surface area contributed by atoms with Gasteiger partial charge < -0.3 is 15.2 Å². The number of nitrogens with two attached hydrogens (primary N) is 1. The predicted molar refractivity (Wildman–Crippen MR) is 82.9 cm³/mol. The first-order valence-electron chi connectivity index (χ1n) is 7.11. The highest BCUT2D eigenvalue weighted by molar-refractivity contribution is 5.81. The van der Waals surface area contributed by atoms with Crippen LogP contribution in [0.4, 0.5) is 19.0 Å². The molecule has 0 unspecified atom stereocenters. The number of benzene rings is 1. The number of rotatable bonds is 4. The zero-order chi connectivity index (χ0) is 18.2. The Morgan fingerprint density at radius 1 is 1.16 bits per heavy atom. The molecule has 0 spiro atoms. The standard InChI is InChI=1S/C15H14F3N5O2/c1-24-7-9-11(8-5-3-4-6-10(8)25-2)12(19)23-14(20-9)21-13(22-23)15(16,17)18/h3-6H,7,19H2,1-2H3. The van der Waals surface area contributed by atoms with Crippen LogP contribution in [0.15, 0.2) is 24.3 Å². The van der Waals surface area contributed by atoms with Crippen molar-refractivity contribution in [3.63, 3.8) is 0 Å². The van der Waals surface area contributed by atoms with Crippen molar-refractivity contribution in [2.75, 3.05) is 20.0 Å². The molecular formula is C15H14F3N5O2. The van der Waals surface area contributed by atoms with Crippen LogP contribution < -0.4 is 10.5 Å². The molecule has 0 bridgehead atoms. The summed E-state index contributed by atoms with van der Waals surface area (Å²) in [6.07, 6.45) is -4.70. The number of nitrogen functional groups attached to an aromatic ring is 1. The van der Waals surface area contributed by atoms with Crippen LogP contribution in [0.3, 0.4) is 0 Å². The smallest absolute Gasteiger partial charge is 0.453 e. The summed E-state index contributed by atoms with van der Waals surface area (Å²) < 4.78 is 50.0. The summed E-state index contributed by atoms with van der Waals surface area (Å²) in [5.41, 5.74) is 7.38. The number of fused-ring (bicyclic) bond motifs is 1. The third-order valence-electron chi connectivity index (χ3n) is 3.51. The minimum absolute atomic E-state index is 0.0301. The molecule has 10 heteroatoms. The zero-order valence-corrected chi connectivity index (χ0v) is 13.3. The lowest BCUT2D eigenvalue weighted by Crippen LogP contribution is -2.10. The molecule has 0 aliphatic rings. The molecule has 2 heterocycles. The molecule has 0 atom stereocenters. The highest BCUT2D eigenvalue weighted by Gasteiger charge is 2.37. The molecule has 0 saturated carbocycles. The summed E-state index contributed by atoms with van der Waals surface area (Å²) in [6.45, 7) is 0.0301. The molecule has 132 valence electrons. The van der Waals surface area contributed by atoms with E-state index in [4.69, 9.17) is 15.2 Å². The molecule has 2 aromatic heterocycles. The first kappa shape index (κ1) is 17.0. The Morgan fingerprint density at radius 2 is 1.88 bits per heavy atom. The van der Waals surface area contributed by atoms with Gasteiger partial charge in [0.05, 0.1) is 25.0 Å². The summed E-state index contributed by atoms with van der Waals surface area (Å²) in [5, 5.41) is 3.44. The maximum atomic E-state index is 12.9. The van der Waals surface area contributed by atoms with Gasteiger partial charge in [0.2, 0.25) is 0 Å². The molecule has 0 aliphatic carbocycles. The summed E-state index contributed by atoms with van der Waals surface area (Å²) in [5.74, 6) is -1.11. The van der Waals surface area contributed by atoms with Crippen molar-refractivity contribution >= 4 is 11.6 Å². The molecule has 3 rings (SSSR count). The van der Waals surface area contributed by atoms with Gasteiger partial charge in [-0.1, -0.05) is 18.2 Å². The van der Waals surface area contributed by atoms with Crippen LogP contribution in [0.2, 0.25) is 0 Å². The van der Waals surface area contributed by atoms with Gasteiger partial charge in [-0.15, -0.1) is 5.10 Å². The van der Waals surface area contributed by atoms with Crippen LogP contribution in [0.25, 0.3) is 16.9 Å². The van der Waals surface area contributed by atoms with Crippen LogP contribution in [0.1, 0.15) is 11.5 Å². The fraction of sp³-hybridized carbons (Fsp3) is 0.267. The van der Waals surface area contributed by atoms with Crippen LogP contribution in [0, 0.1) is 0 Å². The minimum Gasteiger partial charge on any atom is -0.496 e. The second-order valence-corrected chi connectivity index (χ2v) is 5.10. The average Bonchev–Trinajstić information content (AvgIpc) is 3.00. The van der Waals surface area contributed by atoms with Crippen molar-refractivity contribution in [2.24, 2.45) is 0 Å². The molecule has 1 aromatic carbocycles. The Hall–Kier alpha value is -2.88. The molecule has 3 aromatic rings. The lowest BCUT2D eigenvalue weighted by molar-refractivity contribution is -0.144. The molecule has 0 fully saturated rings. The Morgan fingerprint density at radius 3 is 2.52 bits per heavy atom. The monoisotopic (exact) mass is 353 g/mol. The number of methoxy groups -OCH3 is 2. The summed E-state index contributed by atoms with van der Waals surface area (Å²) in [4.78, 5) is 7.55. The van der Waals surface area contributed by atoms with Crippen LogP contribution >= 0.6 is 0 Å². The number of para-hydroxylation sites is 1. The molecule has 0 saturated heterocycles. The lowest BCUT2D eigenvalue weighted by Gasteiger charge is -2.14. The van der Waals surface area contributed by atoms with E-state index in [-0.39, 0.29) is 18.2 Å². The number of aromatic nitrogens is 4. The van der Waals surface area contributed by atoms with Gasteiger partial charge in [0.25, 0.3) is 11.6 Å². The molecule has 25 heavy (non-hydrogen) atoms. The predicted octanol–water partition coefficient (Wildman–Crippen LogP) is 2.55. The van der Waals surface area contributed by atoms with Crippen LogP contribution in [-0.2, 0) is 17.5 Å². The van der Waals surface area contributed by atoms with Crippen molar-refractivity contribution in [3.8, 4) is 16.9 Å². The van der Waals surface area contributed by atoms with Gasteiger partial charge >= 0.3 is 6.18 Å². The molecule has 2 N–H and O–H groups in total. The van der Waals surface area contributed by atoms with Crippen molar-refractivity contribution in [2.45, 2.75) is 12.8 Å². The van der Waals surface area contributed by atoms with Crippen molar-refractivity contribution in [1.82, 2.24) is 19.6 Å². The Balaban J connectivity index is 2.33. The van der Waals surface area contributed by atoms with E-state index in [0.717, 1.165) is 4.52 Å². The van der Waals surface area contributed by atoms with Gasteiger partial charge in [0.1, 0.15) is 11.6 Å². The van der Waals surface area contributed by atoms with E-state index in [0.29, 0.717) is 22.6 Å². The third kappa shape index (κ3) is 2.95. The molecular weight excluding hydrogens is 339 g/mol. The fourth-order valence-corrected chi connectivity index (χ4v) is 2.47. The second-order valence-electron chi connectivity index (χ2n) is 5.10. The van der Waals surface area contributed by atoms with Gasteiger partial charge in [0, 0.05) is 12.7 Å². The first-order chi connectivity index (χ1) is 11.9. The highest BCUT2D eigenvalue weighted by Crippen LogP contribution is 2.36. The maximum absolute atomic E-state index is 12.9. The van der Waals surface area contributed by atoms with E-state index >= 15 is 0 Å². The fourth-order valence-electron chi connectivity index (χ4n) is 2.47. The lowest BCUT2D eigenvalue weighted by atomic mass is 10.0. The van der Waals surface area contributed by atoms with Gasteiger partial charge in [-0.25, -0.2) is 4.98 Å². The largest absolute Gasteiger partial charge is 0.496 e. The van der Waals surface area contributed by atoms with Gasteiger partial charge in [-0.05, 0) is 6.07 Å². The average molecular weight is 353 g/mol. The summed E-state index contributed by atoms with van der Waals surface area (Å²) in [7, 11) is 2.92. The first-order valence-corrected chi connectivity index (χ1v) is 7.11. The second kappa shape index (κ2) is 6.20. The summed E-state index contributed by atoms with van der Waals surface area (Å²) >= 11 is 0. The van der Waals surface area contributed by atoms with E-state index in [1.165, 1.54) is 14.2 Å². The SMILES string of the molecule is COCc1nc2nc(C(F)(F)F)nn2c(N)c1-c1ccccc1OC. The van der Waals surface area contributed by atoms with E-state index in [1.54, 1.807) is 24.3 Å². The van der Waals surface area contributed by atoms with E-state index in [2.05, 4.69) is 15.1 Å². The quantitative estimate of drug-likeness (QED) is 0.776. The third-order valence-corrected chi connectivity index (χ3v) is 3.51. The van der Waals surface area contributed by atoms with Crippen molar-refractivity contribution in [1.29, 1.82) is 0 Å². The van der Waals surface area contributed by atoms with E-state index in [1.807, 2.05) is 0 Å². The van der Waals surface area contributed by atoms with Crippen molar-refractivity contribution in [3.05, 3.63) is 35.8 Å². The highest BCUT2D eigenvalue weighted by atomic mass is 19.4. The summed E-state index contributed by atoms with van der Waals surface area (Å²) in [6, 6.07) is 6.94. The normalized spacial score (nSPS) is 11.9. The Bertz CT molecular complexity index is 923. The molecule has 7 nitrogen and oxygen atoms in total. The van der Waals surface area contributed by atoms with Crippen LogP contribution in [-0.4, -0.2) is 33.8 Å². The zero-order valence-electron chi connectivity index (χ0n) is 13.3. The van der Waals surface area contributed by atoms with Gasteiger partial charge in [-0.3, -0.25) is 0 Å². The number of hydrogen-bond acceptors (Lipinski definition) is 6. The van der Waals surface area contributed by atoms with Crippen molar-refractivity contribution < 1.29 is 22.6 Å². The maximum Gasteiger partial charge on any atom is 0.453 e. The number of alkyl halides is 3.